The number of hydrogen-bond donors (Lipinski definition) is 0. The maximum Gasteiger partial charge on any atom is 0.164 e. The van der Waals surface area contributed by atoms with Crippen LogP contribution in [-0.2, 0) is 0 Å². The quantitative estimate of drug-likeness (QED) is 0.167. The van der Waals surface area contributed by atoms with E-state index in [1.54, 1.807) is 0 Å². The van der Waals surface area contributed by atoms with Crippen LogP contribution in [0.3, 0.4) is 0 Å². The second kappa shape index (κ2) is 12.6. The van der Waals surface area contributed by atoms with Gasteiger partial charge in [-0.1, -0.05) is 152 Å². The average molecular weight is 703 g/mol. The van der Waals surface area contributed by atoms with Gasteiger partial charge in [0.05, 0.1) is 11.2 Å². The Bertz CT molecular complexity index is 3180. The normalized spacial score (nSPS) is 11.6. The summed E-state index contributed by atoms with van der Waals surface area (Å²) in [7, 11) is 0. The number of furan rings is 1. The van der Waals surface area contributed by atoms with E-state index < -0.39 is 0 Å². The summed E-state index contributed by atoms with van der Waals surface area (Å²) in [6.45, 7) is 0. The summed E-state index contributed by atoms with van der Waals surface area (Å²) < 4.78 is 6.56. The fourth-order valence-corrected chi connectivity index (χ4v) is 7.87. The molecule has 0 aliphatic rings. The van der Waals surface area contributed by atoms with Crippen molar-refractivity contribution in [3.63, 3.8) is 0 Å². The molecule has 11 aromatic rings. The predicted octanol–water partition coefficient (Wildman–Crippen LogP) is 13.0. The van der Waals surface area contributed by atoms with E-state index in [0.717, 1.165) is 82.7 Å². The Morgan fingerprint density at radius 1 is 0.327 bits per heavy atom. The van der Waals surface area contributed by atoms with E-state index in [9.17, 15) is 0 Å². The molecular formula is C50H30N4O. The molecule has 0 amide bonds. The van der Waals surface area contributed by atoms with Crippen molar-refractivity contribution in [1.82, 2.24) is 19.9 Å². The van der Waals surface area contributed by atoms with Crippen molar-refractivity contribution < 1.29 is 4.42 Å². The first kappa shape index (κ1) is 31.1. The number of nitrogens with zero attached hydrogens (tertiary/aromatic N) is 4. The van der Waals surface area contributed by atoms with Gasteiger partial charge >= 0.3 is 0 Å². The van der Waals surface area contributed by atoms with Crippen LogP contribution < -0.4 is 0 Å². The number of hydrogen-bond acceptors (Lipinski definition) is 5. The lowest BCUT2D eigenvalue weighted by molar-refractivity contribution is 0.669. The number of aromatic nitrogens is 4. The minimum Gasteiger partial charge on any atom is -0.456 e. The second-order valence-electron chi connectivity index (χ2n) is 13.8. The van der Waals surface area contributed by atoms with Crippen molar-refractivity contribution in [3.05, 3.63) is 182 Å². The number of pyridine rings is 1. The van der Waals surface area contributed by atoms with Gasteiger partial charge in [-0.15, -0.1) is 0 Å². The Hall–Kier alpha value is -7.50. The summed E-state index contributed by atoms with van der Waals surface area (Å²) in [6, 6.07) is 62.7. The maximum absolute atomic E-state index is 6.56. The van der Waals surface area contributed by atoms with Crippen LogP contribution in [0.25, 0.3) is 111 Å². The fraction of sp³-hybridized carbons (Fsp3) is 0. The maximum atomic E-state index is 6.56. The van der Waals surface area contributed by atoms with Crippen molar-refractivity contribution in [2.45, 2.75) is 0 Å². The Labute approximate surface area is 316 Å². The number of rotatable bonds is 5. The minimum atomic E-state index is 0.627. The lowest BCUT2D eigenvalue weighted by atomic mass is 9.93. The molecule has 5 nitrogen and oxygen atoms in total. The largest absolute Gasteiger partial charge is 0.456 e. The molecular weight excluding hydrogens is 673 g/mol. The van der Waals surface area contributed by atoms with Crippen molar-refractivity contribution in [2.24, 2.45) is 0 Å². The third-order valence-corrected chi connectivity index (χ3v) is 10.5. The topological polar surface area (TPSA) is 64.7 Å². The van der Waals surface area contributed by atoms with E-state index in [4.69, 9.17) is 24.4 Å². The van der Waals surface area contributed by atoms with Gasteiger partial charge in [0.25, 0.3) is 0 Å². The van der Waals surface area contributed by atoms with E-state index in [0.29, 0.717) is 17.5 Å². The van der Waals surface area contributed by atoms with Crippen molar-refractivity contribution in [1.29, 1.82) is 0 Å². The Kier molecular flexibility index (Phi) is 7.10. The Balaban J connectivity index is 1.08. The first-order chi connectivity index (χ1) is 27.2. The molecule has 0 saturated heterocycles. The summed E-state index contributed by atoms with van der Waals surface area (Å²) in [5, 5.41) is 7.84. The molecule has 3 aromatic heterocycles. The highest BCUT2D eigenvalue weighted by Gasteiger charge is 2.20. The summed E-state index contributed by atoms with van der Waals surface area (Å²) in [6.07, 6.45) is 0. The van der Waals surface area contributed by atoms with E-state index in [2.05, 4.69) is 121 Å². The zero-order valence-electron chi connectivity index (χ0n) is 29.5. The van der Waals surface area contributed by atoms with Gasteiger partial charge in [0, 0.05) is 43.8 Å². The molecule has 0 N–H and O–H groups in total. The van der Waals surface area contributed by atoms with Crippen LogP contribution in [0.5, 0.6) is 0 Å². The number of fused-ring (bicyclic) bond motifs is 8. The first-order valence-electron chi connectivity index (χ1n) is 18.4. The van der Waals surface area contributed by atoms with Crippen LogP contribution in [0.15, 0.2) is 186 Å². The average Bonchev–Trinajstić information content (AvgIpc) is 3.65. The van der Waals surface area contributed by atoms with Gasteiger partial charge in [-0.05, 0) is 57.6 Å². The van der Waals surface area contributed by atoms with Gasteiger partial charge < -0.3 is 4.42 Å². The molecule has 0 bridgehead atoms. The number of benzene rings is 8. The highest BCUT2D eigenvalue weighted by atomic mass is 16.3. The molecule has 0 radical (unpaired) electrons. The van der Waals surface area contributed by atoms with Crippen LogP contribution in [0, 0.1) is 0 Å². The van der Waals surface area contributed by atoms with E-state index in [1.807, 2.05) is 60.7 Å². The molecule has 0 spiro atoms. The summed E-state index contributed by atoms with van der Waals surface area (Å²) >= 11 is 0. The second-order valence-corrected chi connectivity index (χ2v) is 13.8. The van der Waals surface area contributed by atoms with Gasteiger partial charge in [-0.3, -0.25) is 0 Å². The molecule has 0 aliphatic carbocycles. The van der Waals surface area contributed by atoms with E-state index >= 15 is 0 Å². The van der Waals surface area contributed by atoms with Gasteiger partial charge in [0.2, 0.25) is 0 Å². The molecule has 256 valence electrons. The molecule has 0 atom stereocenters. The van der Waals surface area contributed by atoms with Gasteiger partial charge in [0.1, 0.15) is 11.2 Å². The van der Waals surface area contributed by atoms with Gasteiger partial charge in [-0.2, -0.15) is 0 Å². The number of para-hydroxylation sites is 1. The third kappa shape index (κ3) is 5.24. The van der Waals surface area contributed by atoms with Gasteiger partial charge in [-0.25, -0.2) is 19.9 Å². The molecule has 0 fully saturated rings. The Morgan fingerprint density at radius 2 is 0.891 bits per heavy atom. The smallest absolute Gasteiger partial charge is 0.164 e. The molecule has 0 unspecified atom stereocenters. The molecule has 11 rings (SSSR count). The van der Waals surface area contributed by atoms with Crippen LogP contribution in [-0.4, -0.2) is 19.9 Å². The summed E-state index contributed by atoms with van der Waals surface area (Å²) in [5.41, 5.74) is 9.68. The molecule has 3 heterocycles. The van der Waals surface area contributed by atoms with Crippen LogP contribution in [0.1, 0.15) is 0 Å². The molecule has 0 saturated carbocycles. The highest BCUT2D eigenvalue weighted by Crippen LogP contribution is 2.44. The fourth-order valence-electron chi connectivity index (χ4n) is 7.87. The summed E-state index contributed by atoms with van der Waals surface area (Å²) in [5.74, 6) is 1.91. The van der Waals surface area contributed by atoms with Crippen LogP contribution in [0.2, 0.25) is 0 Å². The first-order valence-corrected chi connectivity index (χ1v) is 18.4. The standard InChI is InChI=1S/C50H30N4O/c1-3-13-33(14-4-1)48-52-49(34-15-5-2-6-16-34)54-50(53-48)35-24-22-31(23-25-35)36-26-28-43-41(30-36)45-44(55-43)29-27-39-38-19-9-10-21-42(38)51-47(46(39)45)40-20-11-17-32-12-7-8-18-37(32)40/h1-30H. The highest BCUT2D eigenvalue weighted by molar-refractivity contribution is 6.28. The summed E-state index contributed by atoms with van der Waals surface area (Å²) in [4.78, 5) is 20.1. The SMILES string of the molecule is c1ccc(-c2nc(-c3ccccc3)nc(-c3ccc(-c4ccc5oc6ccc7c8ccccc8nc(-c8cccc9ccccc89)c7c6c5c4)cc3)n2)cc1. The lowest BCUT2D eigenvalue weighted by Crippen LogP contribution is -2.00. The van der Waals surface area contributed by atoms with Crippen LogP contribution >= 0.6 is 0 Å². The molecule has 55 heavy (non-hydrogen) atoms. The van der Waals surface area contributed by atoms with Crippen molar-refractivity contribution in [3.8, 4) is 56.5 Å². The zero-order chi connectivity index (χ0) is 36.3. The minimum absolute atomic E-state index is 0.627. The van der Waals surface area contributed by atoms with E-state index in [1.165, 1.54) is 10.8 Å². The zero-order valence-corrected chi connectivity index (χ0v) is 29.5. The molecule has 8 aromatic carbocycles. The van der Waals surface area contributed by atoms with Crippen LogP contribution in [0.4, 0.5) is 0 Å². The van der Waals surface area contributed by atoms with Gasteiger partial charge in [0.15, 0.2) is 17.5 Å². The Morgan fingerprint density at radius 3 is 1.62 bits per heavy atom. The van der Waals surface area contributed by atoms with Crippen molar-refractivity contribution in [2.75, 3.05) is 0 Å². The van der Waals surface area contributed by atoms with E-state index in [-0.39, 0.29) is 0 Å². The molecule has 0 aliphatic heterocycles. The third-order valence-electron chi connectivity index (χ3n) is 10.5. The van der Waals surface area contributed by atoms with Crippen molar-refractivity contribution >= 4 is 54.4 Å². The monoisotopic (exact) mass is 702 g/mol. The predicted molar refractivity (Wildman–Crippen MR) is 225 cm³/mol. The lowest BCUT2D eigenvalue weighted by Gasteiger charge is -2.13. The molecule has 5 heteroatoms.